The Bertz CT molecular complexity index is 410. The number of nitrogens with zero attached hydrogens (tertiary/aromatic N) is 2. The van der Waals surface area contributed by atoms with Crippen molar-refractivity contribution >= 4 is 11.8 Å². The van der Waals surface area contributed by atoms with Crippen LogP contribution in [0.4, 0.5) is 0 Å². The van der Waals surface area contributed by atoms with Crippen molar-refractivity contribution in [3.05, 3.63) is 16.4 Å². The highest BCUT2D eigenvalue weighted by Crippen LogP contribution is 2.27. The van der Waals surface area contributed by atoms with Crippen molar-refractivity contribution in [2.45, 2.75) is 50.5 Å². The lowest BCUT2D eigenvalue weighted by atomic mass is 10.0. The number of hydrogen-bond donors (Lipinski definition) is 0. The number of aryl methyl sites for hydroxylation is 1. The summed E-state index contributed by atoms with van der Waals surface area (Å²) < 4.78 is 11.2. The van der Waals surface area contributed by atoms with Crippen LogP contribution in [0.2, 0.25) is 0 Å². The molecule has 0 unspecified atom stereocenters. The zero-order chi connectivity index (χ0) is 12.8. The lowest BCUT2D eigenvalue weighted by molar-refractivity contribution is 0.158. The molecule has 0 saturated heterocycles. The van der Waals surface area contributed by atoms with Gasteiger partial charge in [-0.15, -0.1) is 5.10 Å². The summed E-state index contributed by atoms with van der Waals surface area (Å²) in [6.07, 6.45) is 6.69. The molecule has 1 fully saturated rings. The lowest BCUT2D eigenvalue weighted by Gasteiger charge is -2.20. The molecule has 102 valence electrons. The summed E-state index contributed by atoms with van der Waals surface area (Å²) in [5, 5.41) is 4.85. The topological polar surface area (TPSA) is 57.3 Å². The van der Waals surface area contributed by atoms with Crippen molar-refractivity contribution in [1.29, 1.82) is 0 Å². The standard InChI is InChI=1S/C12H20N2O3S/c1-16-9-11-13-14(12(15)17-11)7-8-18-10-5-3-2-4-6-10/h10H,2-9H2,1H3. The molecule has 0 amide bonds. The second kappa shape index (κ2) is 6.99. The summed E-state index contributed by atoms with van der Waals surface area (Å²) in [5.74, 6) is 0.889. The molecule has 1 aliphatic rings. The molecule has 0 spiro atoms. The van der Waals surface area contributed by atoms with E-state index in [9.17, 15) is 4.79 Å². The van der Waals surface area contributed by atoms with E-state index in [0.29, 0.717) is 12.4 Å². The van der Waals surface area contributed by atoms with E-state index in [1.807, 2.05) is 11.8 Å². The number of rotatable bonds is 6. The van der Waals surface area contributed by atoms with Gasteiger partial charge in [0.25, 0.3) is 0 Å². The predicted octanol–water partition coefficient (Wildman–Crippen LogP) is 2.05. The van der Waals surface area contributed by atoms with Crippen LogP contribution in [0.25, 0.3) is 0 Å². The van der Waals surface area contributed by atoms with Crippen molar-refractivity contribution in [3.63, 3.8) is 0 Å². The van der Waals surface area contributed by atoms with E-state index in [2.05, 4.69) is 5.10 Å². The van der Waals surface area contributed by atoms with Gasteiger partial charge in [-0.25, -0.2) is 4.79 Å². The lowest BCUT2D eigenvalue weighted by Crippen LogP contribution is -2.18. The Balaban J connectivity index is 1.77. The molecule has 0 aliphatic heterocycles. The van der Waals surface area contributed by atoms with E-state index in [1.54, 1.807) is 7.11 Å². The van der Waals surface area contributed by atoms with Gasteiger partial charge in [-0.05, 0) is 12.8 Å². The van der Waals surface area contributed by atoms with Crippen LogP contribution >= 0.6 is 11.8 Å². The highest BCUT2D eigenvalue weighted by molar-refractivity contribution is 7.99. The van der Waals surface area contributed by atoms with Gasteiger partial charge in [0.05, 0.1) is 6.54 Å². The molecule has 0 radical (unpaired) electrons. The summed E-state index contributed by atoms with van der Waals surface area (Å²) in [4.78, 5) is 11.5. The minimum atomic E-state index is -0.383. The summed E-state index contributed by atoms with van der Waals surface area (Å²) in [6.45, 7) is 0.866. The van der Waals surface area contributed by atoms with E-state index in [0.717, 1.165) is 11.0 Å². The third-order valence-electron chi connectivity index (χ3n) is 3.12. The SMILES string of the molecule is COCc1nn(CCSC2CCCCC2)c(=O)o1. The second-order valence-corrected chi connectivity index (χ2v) is 5.96. The fourth-order valence-electron chi connectivity index (χ4n) is 2.21. The Kier molecular flexibility index (Phi) is 5.31. The van der Waals surface area contributed by atoms with Crippen LogP contribution in [0.15, 0.2) is 9.21 Å². The third kappa shape index (κ3) is 3.88. The van der Waals surface area contributed by atoms with Crippen molar-refractivity contribution in [1.82, 2.24) is 9.78 Å². The predicted molar refractivity (Wildman–Crippen MR) is 70.8 cm³/mol. The molecule has 1 aromatic heterocycles. The fourth-order valence-corrected chi connectivity index (χ4v) is 3.49. The average molecular weight is 272 g/mol. The van der Waals surface area contributed by atoms with Crippen LogP contribution in [0.1, 0.15) is 38.0 Å². The van der Waals surface area contributed by atoms with Crippen molar-refractivity contribution in [3.8, 4) is 0 Å². The molecule has 1 aliphatic carbocycles. The molecule has 5 nitrogen and oxygen atoms in total. The van der Waals surface area contributed by atoms with Gasteiger partial charge in [-0.3, -0.25) is 0 Å². The highest BCUT2D eigenvalue weighted by atomic mass is 32.2. The number of ether oxygens (including phenoxy) is 1. The summed E-state index contributed by atoms with van der Waals surface area (Å²) in [5.41, 5.74) is 0. The zero-order valence-electron chi connectivity index (χ0n) is 10.8. The molecule has 0 bridgehead atoms. The molecule has 1 saturated carbocycles. The molecular formula is C12H20N2O3S. The highest BCUT2D eigenvalue weighted by Gasteiger charge is 2.14. The first-order valence-electron chi connectivity index (χ1n) is 6.47. The van der Waals surface area contributed by atoms with E-state index in [4.69, 9.17) is 9.15 Å². The number of aromatic nitrogens is 2. The minimum absolute atomic E-state index is 0.248. The van der Waals surface area contributed by atoms with Crippen molar-refractivity contribution < 1.29 is 9.15 Å². The molecular weight excluding hydrogens is 252 g/mol. The Morgan fingerprint density at radius 1 is 1.44 bits per heavy atom. The fraction of sp³-hybridized carbons (Fsp3) is 0.833. The van der Waals surface area contributed by atoms with Gasteiger partial charge < -0.3 is 9.15 Å². The molecule has 0 N–H and O–H groups in total. The number of thioether (sulfide) groups is 1. The zero-order valence-corrected chi connectivity index (χ0v) is 11.6. The van der Waals surface area contributed by atoms with Crippen LogP contribution in [0.5, 0.6) is 0 Å². The first-order chi connectivity index (χ1) is 8.79. The Morgan fingerprint density at radius 2 is 2.22 bits per heavy atom. The van der Waals surface area contributed by atoms with Crippen LogP contribution in [0.3, 0.4) is 0 Å². The summed E-state index contributed by atoms with van der Waals surface area (Å²) in [7, 11) is 1.55. The molecule has 18 heavy (non-hydrogen) atoms. The summed E-state index contributed by atoms with van der Waals surface area (Å²) >= 11 is 1.95. The van der Waals surface area contributed by atoms with E-state index in [-0.39, 0.29) is 12.4 Å². The quantitative estimate of drug-likeness (QED) is 0.793. The first-order valence-corrected chi connectivity index (χ1v) is 7.52. The molecule has 1 aromatic rings. The van der Waals surface area contributed by atoms with Crippen LogP contribution in [-0.2, 0) is 17.9 Å². The Morgan fingerprint density at radius 3 is 2.94 bits per heavy atom. The first kappa shape index (κ1) is 13.7. The maximum absolute atomic E-state index is 11.5. The van der Waals surface area contributed by atoms with Gasteiger partial charge >= 0.3 is 5.76 Å². The molecule has 6 heteroatoms. The van der Waals surface area contributed by atoms with Gasteiger partial charge in [-0.1, -0.05) is 19.3 Å². The van der Waals surface area contributed by atoms with Crippen LogP contribution in [-0.4, -0.2) is 27.9 Å². The van der Waals surface area contributed by atoms with Gasteiger partial charge in [0, 0.05) is 18.1 Å². The largest absolute Gasteiger partial charge is 0.437 e. The van der Waals surface area contributed by atoms with Gasteiger partial charge in [0.1, 0.15) is 6.61 Å². The van der Waals surface area contributed by atoms with Gasteiger partial charge in [0.2, 0.25) is 5.89 Å². The number of hydrogen-bond acceptors (Lipinski definition) is 5. The minimum Gasteiger partial charge on any atom is -0.390 e. The average Bonchev–Trinajstić information content (AvgIpc) is 2.72. The van der Waals surface area contributed by atoms with Gasteiger partial charge in [0.15, 0.2) is 0 Å². The third-order valence-corrected chi connectivity index (χ3v) is 4.49. The monoisotopic (exact) mass is 272 g/mol. The van der Waals surface area contributed by atoms with E-state index >= 15 is 0 Å². The smallest absolute Gasteiger partial charge is 0.390 e. The van der Waals surface area contributed by atoms with Crippen LogP contribution in [0, 0.1) is 0 Å². The molecule has 1 heterocycles. The maximum Gasteiger partial charge on any atom is 0.437 e. The Labute approximate surface area is 111 Å². The summed E-state index contributed by atoms with van der Waals surface area (Å²) in [6, 6.07) is 0. The normalized spacial score (nSPS) is 17.2. The van der Waals surface area contributed by atoms with Crippen molar-refractivity contribution in [2.24, 2.45) is 0 Å². The number of methoxy groups -OCH3 is 1. The second-order valence-electron chi connectivity index (χ2n) is 4.55. The Hall–Kier alpha value is -0.750. The van der Waals surface area contributed by atoms with E-state index < -0.39 is 0 Å². The van der Waals surface area contributed by atoms with Crippen molar-refractivity contribution in [2.75, 3.05) is 12.9 Å². The van der Waals surface area contributed by atoms with Gasteiger partial charge in [-0.2, -0.15) is 16.4 Å². The molecule has 0 aromatic carbocycles. The van der Waals surface area contributed by atoms with E-state index in [1.165, 1.54) is 36.8 Å². The van der Waals surface area contributed by atoms with Crippen LogP contribution < -0.4 is 5.76 Å². The molecule has 2 rings (SSSR count). The maximum atomic E-state index is 11.5. The molecule has 0 atom stereocenters.